The molecule has 3 heterocycles. The zero-order valence-electron chi connectivity index (χ0n) is 12.0. The number of pyridine rings is 1. The second-order valence-corrected chi connectivity index (χ2v) is 7.22. The van der Waals surface area contributed by atoms with Crippen molar-refractivity contribution in [2.45, 2.75) is 12.8 Å². The minimum absolute atomic E-state index is 0.110. The van der Waals surface area contributed by atoms with Gasteiger partial charge < -0.3 is 9.80 Å². The summed E-state index contributed by atoms with van der Waals surface area (Å²) in [7, 11) is 0. The van der Waals surface area contributed by atoms with E-state index in [2.05, 4.69) is 9.88 Å². The molecule has 1 aromatic rings. The van der Waals surface area contributed by atoms with E-state index in [4.69, 9.17) is 11.6 Å². The normalized spacial score (nSPS) is 23.2. The van der Waals surface area contributed by atoms with Gasteiger partial charge >= 0.3 is 0 Å². The van der Waals surface area contributed by atoms with Gasteiger partial charge in [0.1, 0.15) is 5.82 Å². The van der Waals surface area contributed by atoms with E-state index in [9.17, 15) is 4.79 Å². The number of aromatic nitrogens is 1. The van der Waals surface area contributed by atoms with Crippen LogP contribution in [0.3, 0.4) is 0 Å². The molecule has 2 aliphatic rings. The summed E-state index contributed by atoms with van der Waals surface area (Å²) in [5, 5.41) is 0.647. The Morgan fingerprint density at radius 3 is 2.81 bits per heavy atom. The lowest BCUT2D eigenvalue weighted by molar-refractivity contribution is -0.135. The molecule has 6 heteroatoms. The maximum absolute atomic E-state index is 12.6. The van der Waals surface area contributed by atoms with Gasteiger partial charge in [-0.15, -0.1) is 0 Å². The Labute approximate surface area is 134 Å². The number of halogens is 1. The highest BCUT2D eigenvalue weighted by Gasteiger charge is 2.30. The molecule has 114 valence electrons. The molecule has 0 aliphatic carbocycles. The second-order valence-electron chi connectivity index (χ2n) is 5.56. The number of hydrogen-bond donors (Lipinski definition) is 0. The van der Waals surface area contributed by atoms with Crippen LogP contribution < -0.4 is 4.90 Å². The molecule has 0 bridgehead atoms. The summed E-state index contributed by atoms with van der Waals surface area (Å²) >= 11 is 7.82. The Balaban J connectivity index is 1.64. The maximum atomic E-state index is 12.6. The number of rotatable bonds is 2. The van der Waals surface area contributed by atoms with Gasteiger partial charge in [0.25, 0.3) is 0 Å². The van der Waals surface area contributed by atoms with Gasteiger partial charge in [0, 0.05) is 43.9 Å². The molecule has 2 fully saturated rings. The smallest absolute Gasteiger partial charge is 0.227 e. The van der Waals surface area contributed by atoms with Crippen LogP contribution in [-0.4, -0.2) is 53.5 Å². The Morgan fingerprint density at radius 1 is 1.29 bits per heavy atom. The Morgan fingerprint density at radius 2 is 2.10 bits per heavy atom. The lowest BCUT2D eigenvalue weighted by Crippen LogP contribution is -2.47. The van der Waals surface area contributed by atoms with Crippen molar-refractivity contribution in [1.82, 2.24) is 9.88 Å². The number of piperidine rings is 1. The summed E-state index contributed by atoms with van der Waals surface area (Å²) in [6, 6.07) is 3.80. The predicted octanol–water partition coefficient (Wildman–Crippen LogP) is 2.53. The minimum atomic E-state index is 0.110. The van der Waals surface area contributed by atoms with Gasteiger partial charge in [0.2, 0.25) is 5.91 Å². The van der Waals surface area contributed by atoms with Gasteiger partial charge in [-0.3, -0.25) is 4.79 Å². The van der Waals surface area contributed by atoms with Crippen LogP contribution in [-0.2, 0) is 4.79 Å². The molecule has 1 amide bonds. The average Bonchev–Trinajstić information content (AvgIpc) is 2.56. The van der Waals surface area contributed by atoms with E-state index in [-0.39, 0.29) is 5.92 Å². The van der Waals surface area contributed by atoms with Gasteiger partial charge in [-0.1, -0.05) is 11.6 Å². The van der Waals surface area contributed by atoms with Crippen LogP contribution in [0.15, 0.2) is 18.3 Å². The predicted molar refractivity (Wildman–Crippen MR) is 88.1 cm³/mol. The van der Waals surface area contributed by atoms with Crippen LogP contribution in [0.1, 0.15) is 12.8 Å². The van der Waals surface area contributed by atoms with Crippen molar-refractivity contribution in [3.63, 3.8) is 0 Å². The zero-order chi connectivity index (χ0) is 14.7. The van der Waals surface area contributed by atoms with Crippen molar-refractivity contribution in [3.8, 4) is 0 Å². The fourth-order valence-corrected chi connectivity index (χ4v) is 4.00. The molecule has 1 aromatic heterocycles. The van der Waals surface area contributed by atoms with Crippen LogP contribution >= 0.6 is 23.4 Å². The molecule has 0 radical (unpaired) electrons. The highest BCUT2D eigenvalue weighted by molar-refractivity contribution is 7.99. The van der Waals surface area contributed by atoms with E-state index < -0.39 is 0 Å². The first-order valence-electron chi connectivity index (χ1n) is 7.47. The molecule has 0 spiro atoms. The Kier molecular flexibility index (Phi) is 4.91. The first-order chi connectivity index (χ1) is 10.2. The monoisotopic (exact) mass is 325 g/mol. The van der Waals surface area contributed by atoms with Crippen molar-refractivity contribution in [3.05, 3.63) is 23.4 Å². The van der Waals surface area contributed by atoms with Crippen molar-refractivity contribution in [2.24, 2.45) is 5.92 Å². The molecule has 1 atom stereocenters. The molecule has 4 nitrogen and oxygen atoms in total. The van der Waals surface area contributed by atoms with E-state index in [1.807, 2.05) is 28.8 Å². The third-order valence-electron chi connectivity index (χ3n) is 4.13. The van der Waals surface area contributed by atoms with Gasteiger partial charge in [-0.25, -0.2) is 4.98 Å². The van der Waals surface area contributed by atoms with Crippen LogP contribution in [0.25, 0.3) is 0 Å². The van der Waals surface area contributed by atoms with E-state index in [1.54, 1.807) is 6.20 Å². The fourth-order valence-electron chi connectivity index (χ4n) is 2.98. The van der Waals surface area contributed by atoms with Crippen LogP contribution in [0.5, 0.6) is 0 Å². The van der Waals surface area contributed by atoms with Crippen LogP contribution in [0.4, 0.5) is 5.82 Å². The van der Waals surface area contributed by atoms with Gasteiger partial charge in [-0.2, -0.15) is 11.8 Å². The Bertz CT molecular complexity index is 490. The number of carbonyl (C=O) groups excluding carboxylic acids is 1. The zero-order valence-corrected chi connectivity index (χ0v) is 13.6. The van der Waals surface area contributed by atoms with Gasteiger partial charge in [0.05, 0.1) is 10.9 Å². The van der Waals surface area contributed by atoms with Crippen molar-refractivity contribution in [2.75, 3.05) is 42.6 Å². The van der Waals surface area contributed by atoms with E-state index in [1.165, 1.54) is 0 Å². The summed E-state index contributed by atoms with van der Waals surface area (Å²) in [4.78, 5) is 21.3. The molecule has 1 unspecified atom stereocenters. The first kappa shape index (κ1) is 15.0. The highest BCUT2D eigenvalue weighted by Crippen LogP contribution is 2.24. The van der Waals surface area contributed by atoms with Gasteiger partial charge in [-0.05, 0) is 25.0 Å². The summed E-state index contributed by atoms with van der Waals surface area (Å²) in [6.07, 6.45) is 3.71. The first-order valence-corrected chi connectivity index (χ1v) is 9.00. The quantitative estimate of drug-likeness (QED) is 0.837. The highest BCUT2D eigenvalue weighted by atomic mass is 35.5. The molecule has 21 heavy (non-hydrogen) atoms. The SMILES string of the molecule is O=C(C1CCCN(c2ccc(Cl)cn2)C1)N1CCSCC1. The summed E-state index contributed by atoms with van der Waals surface area (Å²) in [5.41, 5.74) is 0. The number of carbonyl (C=O) groups is 1. The molecular weight excluding hydrogens is 306 g/mol. The van der Waals surface area contributed by atoms with E-state index in [0.717, 1.165) is 56.3 Å². The van der Waals surface area contributed by atoms with Crippen LogP contribution in [0.2, 0.25) is 5.02 Å². The standard InChI is InChI=1S/C15H20ClN3OS/c16-13-3-4-14(17-10-13)19-5-1-2-12(11-19)15(20)18-6-8-21-9-7-18/h3-4,10,12H,1-2,5-9,11H2. The average molecular weight is 326 g/mol. The Hall–Kier alpha value is -0.940. The van der Waals surface area contributed by atoms with Crippen molar-refractivity contribution in [1.29, 1.82) is 0 Å². The van der Waals surface area contributed by atoms with Gasteiger partial charge in [0.15, 0.2) is 0 Å². The number of nitrogens with zero attached hydrogens (tertiary/aromatic N) is 3. The minimum Gasteiger partial charge on any atom is -0.356 e. The molecule has 0 aromatic carbocycles. The number of thioether (sulfide) groups is 1. The fraction of sp³-hybridized carbons (Fsp3) is 0.600. The summed E-state index contributed by atoms with van der Waals surface area (Å²) in [5.74, 6) is 3.50. The number of anilines is 1. The molecule has 2 saturated heterocycles. The third-order valence-corrected chi connectivity index (χ3v) is 5.30. The van der Waals surface area contributed by atoms with E-state index >= 15 is 0 Å². The molecular formula is C15H20ClN3OS. The summed E-state index contributed by atoms with van der Waals surface area (Å²) < 4.78 is 0. The molecule has 3 rings (SSSR count). The summed E-state index contributed by atoms with van der Waals surface area (Å²) in [6.45, 7) is 3.55. The lowest BCUT2D eigenvalue weighted by atomic mass is 9.96. The second kappa shape index (κ2) is 6.88. The molecule has 0 saturated carbocycles. The largest absolute Gasteiger partial charge is 0.356 e. The van der Waals surface area contributed by atoms with Crippen molar-refractivity contribution >= 4 is 35.1 Å². The van der Waals surface area contributed by atoms with Crippen molar-refractivity contribution < 1.29 is 4.79 Å². The molecule has 2 aliphatic heterocycles. The van der Waals surface area contributed by atoms with Crippen LogP contribution in [0, 0.1) is 5.92 Å². The lowest BCUT2D eigenvalue weighted by Gasteiger charge is -2.36. The maximum Gasteiger partial charge on any atom is 0.227 e. The topological polar surface area (TPSA) is 36.4 Å². The van der Waals surface area contributed by atoms with E-state index in [0.29, 0.717) is 10.9 Å². The molecule has 0 N–H and O–H groups in total. The number of hydrogen-bond acceptors (Lipinski definition) is 4. The number of amides is 1. The third kappa shape index (κ3) is 3.64.